The first-order valence-electron chi connectivity index (χ1n) is 7.66. The number of benzene rings is 1. The average molecular weight is 329 g/mol. The monoisotopic (exact) mass is 329 g/mol. The van der Waals surface area contributed by atoms with Crippen LogP contribution >= 0.6 is 11.8 Å². The molecule has 1 heterocycles. The summed E-state index contributed by atoms with van der Waals surface area (Å²) in [6.45, 7) is 3.37. The van der Waals surface area contributed by atoms with E-state index < -0.39 is 0 Å². The molecule has 1 fully saturated rings. The third-order valence-corrected chi connectivity index (χ3v) is 4.86. The minimum atomic E-state index is -0.268. The molecule has 1 aliphatic carbocycles. The standard InChI is InChI=1S/C17H19N3O2S/c1-11(21)13-4-3-5-14(10-13)19-16(22)12(2)23-17-18-8-9-20(17)15-6-7-15/h3-5,8-10,12,15H,6-7H2,1-2H3,(H,19,22)/t12-/m1/s1. The molecular weight excluding hydrogens is 310 g/mol. The number of anilines is 1. The second-order valence-electron chi connectivity index (χ2n) is 5.73. The lowest BCUT2D eigenvalue weighted by atomic mass is 10.1. The van der Waals surface area contributed by atoms with Gasteiger partial charge in [-0.05, 0) is 38.8 Å². The minimum Gasteiger partial charge on any atom is -0.325 e. The number of amides is 1. The number of nitrogens with zero attached hydrogens (tertiary/aromatic N) is 2. The van der Waals surface area contributed by atoms with E-state index in [1.807, 2.05) is 13.1 Å². The van der Waals surface area contributed by atoms with E-state index in [9.17, 15) is 9.59 Å². The van der Waals surface area contributed by atoms with Crippen molar-refractivity contribution in [1.82, 2.24) is 9.55 Å². The fourth-order valence-electron chi connectivity index (χ4n) is 2.29. The zero-order chi connectivity index (χ0) is 16.4. The topological polar surface area (TPSA) is 64.0 Å². The molecule has 1 amide bonds. The van der Waals surface area contributed by atoms with Crippen molar-refractivity contribution >= 4 is 29.1 Å². The lowest BCUT2D eigenvalue weighted by Crippen LogP contribution is -2.23. The number of rotatable bonds is 6. The van der Waals surface area contributed by atoms with Gasteiger partial charge in [-0.25, -0.2) is 4.98 Å². The normalized spacial score (nSPS) is 15.2. The maximum Gasteiger partial charge on any atom is 0.237 e. The van der Waals surface area contributed by atoms with E-state index in [0.29, 0.717) is 17.3 Å². The second kappa shape index (κ2) is 6.58. The Balaban J connectivity index is 1.64. The summed E-state index contributed by atoms with van der Waals surface area (Å²) in [5, 5.41) is 3.48. The van der Waals surface area contributed by atoms with Gasteiger partial charge >= 0.3 is 0 Å². The van der Waals surface area contributed by atoms with Crippen LogP contribution in [0.4, 0.5) is 5.69 Å². The maximum absolute atomic E-state index is 12.4. The molecule has 3 rings (SSSR count). The molecule has 1 aromatic heterocycles. The molecule has 0 aliphatic heterocycles. The van der Waals surface area contributed by atoms with Crippen molar-refractivity contribution in [3.8, 4) is 0 Å². The van der Waals surface area contributed by atoms with Gasteiger partial charge in [0.05, 0.1) is 5.25 Å². The molecule has 1 saturated carbocycles. The maximum atomic E-state index is 12.4. The lowest BCUT2D eigenvalue weighted by molar-refractivity contribution is -0.115. The van der Waals surface area contributed by atoms with Crippen LogP contribution in [0.3, 0.4) is 0 Å². The Morgan fingerprint density at radius 1 is 1.39 bits per heavy atom. The first-order chi connectivity index (χ1) is 11.0. The van der Waals surface area contributed by atoms with Crippen LogP contribution in [-0.2, 0) is 4.79 Å². The van der Waals surface area contributed by atoms with Crippen LogP contribution < -0.4 is 5.32 Å². The number of hydrogen-bond acceptors (Lipinski definition) is 4. The van der Waals surface area contributed by atoms with Gasteiger partial charge in [0.2, 0.25) is 5.91 Å². The Bertz CT molecular complexity index is 737. The van der Waals surface area contributed by atoms with Gasteiger partial charge < -0.3 is 9.88 Å². The Labute approximate surface area is 139 Å². The molecule has 0 radical (unpaired) electrons. The largest absolute Gasteiger partial charge is 0.325 e. The van der Waals surface area contributed by atoms with E-state index in [2.05, 4.69) is 14.9 Å². The molecular formula is C17H19N3O2S. The number of carbonyl (C=O) groups is 2. The third kappa shape index (κ3) is 3.82. The fraction of sp³-hybridized carbons (Fsp3) is 0.353. The van der Waals surface area contributed by atoms with Crippen molar-refractivity contribution in [2.45, 2.75) is 43.1 Å². The summed E-state index contributed by atoms with van der Waals surface area (Å²) in [6.07, 6.45) is 6.12. The highest BCUT2D eigenvalue weighted by Gasteiger charge is 2.27. The first kappa shape index (κ1) is 15.8. The number of thioether (sulfide) groups is 1. The number of Topliss-reactive ketones (excluding diaryl/α,β-unsaturated/α-hetero) is 1. The SMILES string of the molecule is CC(=O)c1cccc(NC(=O)[C@@H](C)Sc2nccn2C2CC2)c1. The molecule has 5 nitrogen and oxygen atoms in total. The van der Waals surface area contributed by atoms with Crippen LogP contribution in [0.15, 0.2) is 41.8 Å². The summed E-state index contributed by atoms with van der Waals surface area (Å²) >= 11 is 1.46. The minimum absolute atomic E-state index is 0.0185. The molecule has 0 saturated heterocycles. The van der Waals surface area contributed by atoms with Crippen LogP contribution in [0.2, 0.25) is 0 Å². The summed E-state index contributed by atoms with van der Waals surface area (Å²) in [5.74, 6) is -0.115. The lowest BCUT2D eigenvalue weighted by Gasteiger charge is -2.13. The van der Waals surface area contributed by atoms with Gasteiger partial charge in [-0.3, -0.25) is 9.59 Å². The smallest absolute Gasteiger partial charge is 0.237 e. The van der Waals surface area contributed by atoms with Crippen molar-refractivity contribution in [3.05, 3.63) is 42.2 Å². The highest BCUT2D eigenvalue weighted by molar-refractivity contribution is 8.00. The quantitative estimate of drug-likeness (QED) is 0.650. The van der Waals surface area contributed by atoms with E-state index in [-0.39, 0.29) is 16.9 Å². The van der Waals surface area contributed by atoms with Crippen molar-refractivity contribution in [2.24, 2.45) is 0 Å². The summed E-state index contributed by atoms with van der Waals surface area (Å²) in [5.41, 5.74) is 1.23. The number of carbonyl (C=O) groups excluding carboxylic acids is 2. The molecule has 1 atom stereocenters. The van der Waals surface area contributed by atoms with Gasteiger partial charge in [-0.2, -0.15) is 0 Å². The summed E-state index contributed by atoms with van der Waals surface area (Å²) in [7, 11) is 0. The Morgan fingerprint density at radius 2 is 2.17 bits per heavy atom. The van der Waals surface area contributed by atoms with E-state index >= 15 is 0 Å². The predicted octanol–water partition coefficient (Wildman–Crippen LogP) is 3.54. The van der Waals surface area contributed by atoms with E-state index in [4.69, 9.17) is 0 Å². The van der Waals surface area contributed by atoms with Gasteiger partial charge in [0.15, 0.2) is 10.9 Å². The first-order valence-corrected chi connectivity index (χ1v) is 8.54. The van der Waals surface area contributed by atoms with Crippen molar-refractivity contribution < 1.29 is 9.59 Å². The van der Waals surface area contributed by atoms with Gasteiger partial charge in [0, 0.05) is 29.7 Å². The van der Waals surface area contributed by atoms with Gasteiger partial charge in [-0.1, -0.05) is 23.9 Å². The molecule has 1 aliphatic rings. The highest BCUT2D eigenvalue weighted by Crippen LogP contribution is 2.38. The zero-order valence-corrected chi connectivity index (χ0v) is 14.0. The Kier molecular flexibility index (Phi) is 4.52. The molecule has 6 heteroatoms. The van der Waals surface area contributed by atoms with Gasteiger partial charge in [0.1, 0.15) is 0 Å². The summed E-state index contributed by atoms with van der Waals surface area (Å²) in [6, 6.07) is 7.53. The molecule has 2 aromatic rings. The average Bonchev–Trinajstić information content (AvgIpc) is 3.27. The number of hydrogen-bond donors (Lipinski definition) is 1. The van der Waals surface area contributed by atoms with Crippen LogP contribution in [-0.4, -0.2) is 26.5 Å². The zero-order valence-electron chi connectivity index (χ0n) is 13.2. The van der Waals surface area contributed by atoms with Crippen LogP contribution in [0.25, 0.3) is 0 Å². The summed E-state index contributed by atoms with van der Waals surface area (Å²) < 4.78 is 2.14. The van der Waals surface area contributed by atoms with Crippen LogP contribution in [0.5, 0.6) is 0 Å². The van der Waals surface area contributed by atoms with E-state index in [1.165, 1.54) is 31.5 Å². The molecule has 1 aromatic carbocycles. The molecule has 1 N–H and O–H groups in total. The molecule has 0 bridgehead atoms. The predicted molar refractivity (Wildman–Crippen MR) is 90.9 cm³/mol. The number of imidazole rings is 1. The van der Waals surface area contributed by atoms with E-state index in [0.717, 1.165) is 5.16 Å². The number of nitrogens with one attached hydrogen (secondary N) is 1. The van der Waals surface area contributed by atoms with E-state index in [1.54, 1.807) is 30.5 Å². The van der Waals surface area contributed by atoms with Gasteiger partial charge in [-0.15, -0.1) is 0 Å². The highest BCUT2D eigenvalue weighted by atomic mass is 32.2. The third-order valence-electron chi connectivity index (χ3n) is 3.76. The number of ketones is 1. The molecule has 0 spiro atoms. The second-order valence-corrected chi connectivity index (χ2v) is 7.04. The summed E-state index contributed by atoms with van der Waals surface area (Å²) in [4.78, 5) is 28.1. The molecule has 0 unspecified atom stereocenters. The molecule has 23 heavy (non-hydrogen) atoms. The van der Waals surface area contributed by atoms with Crippen molar-refractivity contribution in [1.29, 1.82) is 0 Å². The Morgan fingerprint density at radius 3 is 2.87 bits per heavy atom. The van der Waals surface area contributed by atoms with Crippen LogP contribution in [0.1, 0.15) is 43.1 Å². The van der Waals surface area contributed by atoms with Crippen molar-refractivity contribution in [2.75, 3.05) is 5.32 Å². The fourth-order valence-corrected chi connectivity index (χ4v) is 3.23. The number of aromatic nitrogens is 2. The van der Waals surface area contributed by atoms with Crippen molar-refractivity contribution in [3.63, 3.8) is 0 Å². The van der Waals surface area contributed by atoms with Gasteiger partial charge in [0.25, 0.3) is 0 Å². The molecule has 120 valence electrons. The Hall–Kier alpha value is -2.08. The van der Waals surface area contributed by atoms with Crippen LogP contribution in [0, 0.1) is 0 Å².